The zero-order chi connectivity index (χ0) is 20.5. The van der Waals surface area contributed by atoms with Gasteiger partial charge in [0.25, 0.3) is 0 Å². The van der Waals surface area contributed by atoms with Crippen molar-refractivity contribution in [3.05, 3.63) is 72.6 Å². The number of hydrogen-bond acceptors (Lipinski definition) is 3. The molecular weight excluding hydrogens is 362 g/mol. The van der Waals surface area contributed by atoms with E-state index in [-0.39, 0.29) is 5.91 Å². The summed E-state index contributed by atoms with van der Waals surface area (Å²) in [5, 5.41) is 2.88. The molecule has 0 aliphatic heterocycles. The number of hydrogen-bond donors (Lipinski definition) is 1. The van der Waals surface area contributed by atoms with Crippen molar-refractivity contribution in [1.82, 2.24) is 14.9 Å². The highest BCUT2D eigenvalue weighted by Gasteiger charge is 2.10. The van der Waals surface area contributed by atoms with E-state index in [9.17, 15) is 4.79 Å². The van der Waals surface area contributed by atoms with E-state index in [1.807, 2.05) is 42.5 Å². The number of rotatable bonds is 11. The second-order valence-electron chi connectivity index (χ2n) is 7.18. The van der Waals surface area contributed by atoms with Crippen LogP contribution in [0.4, 0.5) is 0 Å². The van der Waals surface area contributed by atoms with Gasteiger partial charge in [-0.15, -0.1) is 0 Å². The Balaban J connectivity index is 1.54. The minimum Gasteiger partial charge on any atom is -0.492 e. The number of amides is 1. The molecule has 0 radical (unpaired) electrons. The second kappa shape index (κ2) is 10.5. The van der Waals surface area contributed by atoms with E-state index in [2.05, 4.69) is 28.6 Å². The summed E-state index contributed by atoms with van der Waals surface area (Å²) in [5.41, 5.74) is 2.72. The Labute approximate surface area is 172 Å². The molecule has 5 heteroatoms. The van der Waals surface area contributed by atoms with Crippen LogP contribution < -0.4 is 10.1 Å². The number of aromatic nitrogens is 2. The Morgan fingerprint density at radius 1 is 1.07 bits per heavy atom. The summed E-state index contributed by atoms with van der Waals surface area (Å²) in [6, 6.07) is 18.1. The molecule has 5 nitrogen and oxygen atoms in total. The van der Waals surface area contributed by atoms with Gasteiger partial charge < -0.3 is 14.6 Å². The first-order chi connectivity index (χ1) is 14.1. The molecule has 0 fully saturated rings. The van der Waals surface area contributed by atoms with E-state index in [0.29, 0.717) is 18.7 Å². The van der Waals surface area contributed by atoms with Gasteiger partial charge in [-0.3, -0.25) is 4.79 Å². The number of aryl methyl sites for hydroxylation is 1. The molecule has 2 aromatic carbocycles. The fraction of sp³-hybridized carbons (Fsp3) is 0.333. The van der Waals surface area contributed by atoms with Crippen molar-refractivity contribution in [3.63, 3.8) is 0 Å². The van der Waals surface area contributed by atoms with E-state index >= 15 is 0 Å². The second-order valence-corrected chi connectivity index (χ2v) is 7.18. The van der Waals surface area contributed by atoms with Gasteiger partial charge in [0.1, 0.15) is 18.2 Å². The van der Waals surface area contributed by atoms with Gasteiger partial charge in [0.15, 0.2) is 0 Å². The number of carbonyl (C=O) groups is 1. The number of benzene rings is 2. The Kier molecular flexibility index (Phi) is 7.45. The number of nitrogens with one attached hydrogen (secondary N) is 1. The van der Waals surface area contributed by atoms with Crippen LogP contribution in [0, 0.1) is 0 Å². The zero-order valence-corrected chi connectivity index (χ0v) is 17.1. The summed E-state index contributed by atoms with van der Waals surface area (Å²) in [7, 11) is 0. The van der Waals surface area contributed by atoms with Crippen molar-refractivity contribution in [1.29, 1.82) is 0 Å². The van der Waals surface area contributed by atoms with Crippen LogP contribution in [0.1, 0.15) is 32.0 Å². The average Bonchev–Trinajstić information content (AvgIpc) is 3.08. The smallest absolute Gasteiger partial charge is 0.246 e. The van der Waals surface area contributed by atoms with Crippen molar-refractivity contribution in [2.75, 3.05) is 13.2 Å². The van der Waals surface area contributed by atoms with Gasteiger partial charge in [-0.1, -0.05) is 43.3 Å². The first kappa shape index (κ1) is 20.6. The van der Waals surface area contributed by atoms with Crippen molar-refractivity contribution in [3.8, 4) is 5.75 Å². The van der Waals surface area contributed by atoms with E-state index in [1.165, 1.54) is 0 Å². The third-order valence-corrected chi connectivity index (χ3v) is 4.81. The molecule has 0 saturated carbocycles. The first-order valence-electron chi connectivity index (χ1n) is 10.2. The highest BCUT2D eigenvalue weighted by atomic mass is 16.5. The molecular formula is C24H29N3O2. The number of nitrogens with zero attached hydrogens (tertiary/aromatic N) is 2. The number of ether oxygens (including phenoxy) is 1. The summed E-state index contributed by atoms with van der Waals surface area (Å²) in [5.74, 6) is 1.91. The molecule has 0 bridgehead atoms. The lowest BCUT2D eigenvalue weighted by molar-refractivity contribution is -0.117. The number of para-hydroxylation sites is 3. The quantitative estimate of drug-likeness (QED) is 0.386. The maximum Gasteiger partial charge on any atom is 0.246 e. The van der Waals surface area contributed by atoms with Crippen molar-refractivity contribution < 1.29 is 9.53 Å². The summed E-state index contributed by atoms with van der Waals surface area (Å²) in [6.07, 6.45) is 3.94. The van der Waals surface area contributed by atoms with Crippen LogP contribution in [0.25, 0.3) is 11.0 Å². The third kappa shape index (κ3) is 5.95. The number of imidazole rings is 1. The Hall–Kier alpha value is -3.08. The van der Waals surface area contributed by atoms with Gasteiger partial charge in [0.05, 0.1) is 17.6 Å². The fourth-order valence-electron chi connectivity index (χ4n) is 3.27. The number of carbonyl (C=O) groups excluding carboxylic acids is 1. The molecule has 1 heterocycles. The predicted octanol–water partition coefficient (Wildman–Crippen LogP) is 4.52. The van der Waals surface area contributed by atoms with Crippen molar-refractivity contribution in [2.24, 2.45) is 0 Å². The molecule has 152 valence electrons. The first-order valence-corrected chi connectivity index (χ1v) is 10.2. The molecule has 0 aliphatic carbocycles. The third-order valence-electron chi connectivity index (χ3n) is 4.81. The van der Waals surface area contributed by atoms with E-state index in [4.69, 9.17) is 9.72 Å². The lowest BCUT2D eigenvalue weighted by Crippen LogP contribution is -2.24. The SMILES string of the molecule is C=C(C)C(=O)NCCCCCc1nc2ccccc2n1CCOc1ccccc1. The van der Waals surface area contributed by atoms with Crippen LogP contribution in [0.5, 0.6) is 5.75 Å². The Morgan fingerprint density at radius 2 is 1.83 bits per heavy atom. The van der Waals surface area contributed by atoms with Crippen molar-refractivity contribution >= 4 is 16.9 Å². The molecule has 1 N–H and O–H groups in total. The van der Waals surface area contributed by atoms with Crippen LogP contribution in [0.15, 0.2) is 66.7 Å². The van der Waals surface area contributed by atoms with Crippen LogP contribution in [0.2, 0.25) is 0 Å². The molecule has 0 aliphatic rings. The van der Waals surface area contributed by atoms with E-state index in [0.717, 1.165) is 54.8 Å². The van der Waals surface area contributed by atoms with Crippen molar-refractivity contribution in [2.45, 2.75) is 39.2 Å². The van der Waals surface area contributed by atoms with Gasteiger partial charge >= 0.3 is 0 Å². The average molecular weight is 392 g/mol. The topological polar surface area (TPSA) is 56.2 Å². The minimum absolute atomic E-state index is 0.0646. The molecule has 0 unspecified atom stereocenters. The molecule has 1 aromatic heterocycles. The van der Waals surface area contributed by atoms with Crippen LogP contribution >= 0.6 is 0 Å². The Morgan fingerprint density at radius 3 is 2.62 bits per heavy atom. The fourth-order valence-corrected chi connectivity index (χ4v) is 3.27. The van der Waals surface area contributed by atoms with Gasteiger partial charge in [-0.05, 0) is 44.0 Å². The largest absolute Gasteiger partial charge is 0.492 e. The predicted molar refractivity (Wildman–Crippen MR) is 117 cm³/mol. The molecule has 3 rings (SSSR count). The molecule has 29 heavy (non-hydrogen) atoms. The van der Waals surface area contributed by atoms with Crippen LogP contribution in [0.3, 0.4) is 0 Å². The highest BCUT2D eigenvalue weighted by Crippen LogP contribution is 2.18. The maximum absolute atomic E-state index is 11.5. The van der Waals surface area contributed by atoms with E-state index < -0.39 is 0 Å². The lowest BCUT2D eigenvalue weighted by Gasteiger charge is -2.11. The van der Waals surface area contributed by atoms with Gasteiger partial charge in [0.2, 0.25) is 5.91 Å². The Bertz CT molecular complexity index is 947. The zero-order valence-electron chi connectivity index (χ0n) is 17.1. The van der Waals surface area contributed by atoms with Gasteiger partial charge in [-0.25, -0.2) is 4.98 Å². The normalized spacial score (nSPS) is 10.8. The summed E-state index contributed by atoms with van der Waals surface area (Å²) in [4.78, 5) is 16.3. The number of unbranched alkanes of at least 4 members (excludes halogenated alkanes) is 2. The lowest BCUT2D eigenvalue weighted by atomic mass is 10.2. The molecule has 0 saturated heterocycles. The standard InChI is InChI=1S/C24H29N3O2/c1-19(2)24(28)25-16-10-4-7-15-23-26-21-13-8-9-14-22(21)27(23)17-18-29-20-11-5-3-6-12-20/h3,5-6,8-9,11-14H,1,4,7,10,15-18H2,2H3,(H,25,28). The monoisotopic (exact) mass is 391 g/mol. The summed E-state index contributed by atoms with van der Waals surface area (Å²) in [6.45, 7) is 7.43. The van der Waals surface area contributed by atoms with Crippen LogP contribution in [-0.2, 0) is 17.8 Å². The molecule has 1 amide bonds. The van der Waals surface area contributed by atoms with Gasteiger partial charge in [-0.2, -0.15) is 0 Å². The summed E-state index contributed by atoms with van der Waals surface area (Å²) >= 11 is 0. The molecule has 0 spiro atoms. The summed E-state index contributed by atoms with van der Waals surface area (Å²) < 4.78 is 8.15. The molecule has 3 aromatic rings. The van der Waals surface area contributed by atoms with Crippen LogP contribution in [-0.4, -0.2) is 28.6 Å². The van der Waals surface area contributed by atoms with Gasteiger partial charge in [0, 0.05) is 18.5 Å². The maximum atomic E-state index is 11.5. The highest BCUT2D eigenvalue weighted by molar-refractivity contribution is 5.92. The van der Waals surface area contributed by atoms with E-state index in [1.54, 1.807) is 6.92 Å². The molecule has 0 atom stereocenters. The number of fused-ring (bicyclic) bond motifs is 1. The minimum atomic E-state index is -0.0646.